The van der Waals surface area contributed by atoms with Gasteiger partial charge in [0, 0.05) is 26.2 Å². The van der Waals surface area contributed by atoms with Crippen molar-refractivity contribution >= 4 is 0 Å². The van der Waals surface area contributed by atoms with E-state index in [0.29, 0.717) is 5.41 Å². The van der Waals surface area contributed by atoms with Crippen molar-refractivity contribution in [3.8, 4) is 0 Å². The Labute approximate surface area is 109 Å². The van der Waals surface area contributed by atoms with Crippen molar-refractivity contribution in [3.63, 3.8) is 0 Å². The van der Waals surface area contributed by atoms with E-state index < -0.39 is 0 Å². The van der Waals surface area contributed by atoms with Gasteiger partial charge in [-0.3, -0.25) is 0 Å². The van der Waals surface area contributed by atoms with E-state index in [-0.39, 0.29) is 0 Å². The molecule has 0 atom stereocenters. The van der Waals surface area contributed by atoms with Gasteiger partial charge in [0.25, 0.3) is 0 Å². The zero-order valence-electron chi connectivity index (χ0n) is 13.0. The molecule has 0 aromatic carbocycles. The van der Waals surface area contributed by atoms with Crippen LogP contribution in [0.5, 0.6) is 0 Å². The normalized spacial score (nSPS) is 13.1. The molecular formula is C14H33N3. The molecule has 0 radical (unpaired) electrons. The van der Waals surface area contributed by atoms with Gasteiger partial charge >= 0.3 is 0 Å². The van der Waals surface area contributed by atoms with E-state index in [2.05, 4.69) is 64.0 Å². The highest BCUT2D eigenvalue weighted by atomic mass is 15.2. The van der Waals surface area contributed by atoms with Gasteiger partial charge in [-0.1, -0.05) is 27.7 Å². The summed E-state index contributed by atoms with van der Waals surface area (Å²) >= 11 is 0. The first-order chi connectivity index (χ1) is 7.73. The van der Waals surface area contributed by atoms with Crippen molar-refractivity contribution in [1.82, 2.24) is 15.1 Å². The summed E-state index contributed by atoms with van der Waals surface area (Å²) in [4.78, 5) is 4.66. The fourth-order valence-electron chi connectivity index (χ4n) is 1.94. The predicted octanol–water partition coefficient (Wildman–Crippen LogP) is 1.75. The molecule has 3 nitrogen and oxygen atoms in total. The van der Waals surface area contributed by atoms with Crippen LogP contribution in [0.4, 0.5) is 0 Å². The summed E-state index contributed by atoms with van der Waals surface area (Å²) < 4.78 is 0. The van der Waals surface area contributed by atoms with Crippen LogP contribution in [0, 0.1) is 11.3 Å². The van der Waals surface area contributed by atoms with E-state index in [1.54, 1.807) is 0 Å². The van der Waals surface area contributed by atoms with Crippen molar-refractivity contribution in [2.24, 2.45) is 11.3 Å². The quantitative estimate of drug-likeness (QED) is 0.666. The Morgan fingerprint density at radius 2 is 1.65 bits per heavy atom. The Balaban J connectivity index is 3.81. The fraction of sp³-hybridized carbons (Fsp3) is 1.00. The SMILES string of the molecule is CC(C)CNCC(C)(C)CN(C)CCN(C)C. The standard InChI is InChI=1S/C14H33N3/c1-13(2)10-15-11-14(3,4)12-17(7)9-8-16(5)6/h13,15H,8-12H2,1-7H3. The van der Waals surface area contributed by atoms with Gasteiger partial charge in [-0.2, -0.15) is 0 Å². The summed E-state index contributed by atoms with van der Waals surface area (Å²) in [5, 5.41) is 3.56. The van der Waals surface area contributed by atoms with Gasteiger partial charge in [0.15, 0.2) is 0 Å². The zero-order chi connectivity index (χ0) is 13.5. The molecule has 0 heterocycles. The molecule has 0 saturated carbocycles. The van der Waals surface area contributed by atoms with Crippen molar-refractivity contribution in [3.05, 3.63) is 0 Å². The zero-order valence-corrected chi connectivity index (χ0v) is 13.0. The fourth-order valence-corrected chi connectivity index (χ4v) is 1.94. The maximum Gasteiger partial charge on any atom is 0.0106 e. The lowest BCUT2D eigenvalue weighted by molar-refractivity contribution is 0.189. The summed E-state index contributed by atoms with van der Waals surface area (Å²) in [5.41, 5.74) is 0.343. The minimum absolute atomic E-state index is 0.343. The van der Waals surface area contributed by atoms with Gasteiger partial charge < -0.3 is 15.1 Å². The maximum atomic E-state index is 3.56. The Bertz CT molecular complexity index is 188. The van der Waals surface area contributed by atoms with Crippen molar-refractivity contribution < 1.29 is 0 Å². The van der Waals surface area contributed by atoms with Gasteiger partial charge in [-0.15, -0.1) is 0 Å². The molecule has 17 heavy (non-hydrogen) atoms. The monoisotopic (exact) mass is 243 g/mol. The first-order valence-electron chi connectivity index (χ1n) is 6.77. The van der Waals surface area contributed by atoms with Crippen LogP contribution in [0.3, 0.4) is 0 Å². The molecule has 0 spiro atoms. The summed E-state index contributed by atoms with van der Waals surface area (Å²) in [5.74, 6) is 0.734. The highest BCUT2D eigenvalue weighted by Gasteiger charge is 2.19. The number of hydrogen-bond donors (Lipinski definition) is 1. The molecule has 0 unspecified atom stereocenters. The van der Waals surface area contributed by atoms with E-state index in [1.807, 2.05) is 0 Å². The minimum Gasteiger partial charge on any atom is -0.316 e. The highest BCUT2D eigenvalue weighted by molar-refractivity contribution is 4.75. The van der Waals surface area contributed by atoms with Crippen molar-refractivity contribution in [2.75, 3.05) is 53.9 Å². The van der Waals surface area contributed by atoms with Crippen LogP contribution in [0.2, 0.25) is 0 Å². The van der Waals surface area contributed by atoms with Gasteiger partial charge in [0.1, 0.15) is 0 Å². The maximum absolute atomic E-state index is 3.56. The Hall–Kier alpha value is -0.120. The molecule has 0 aromatic heterocycles. The lowest BCUT2D eigenvalue weighted by Crippen LogP contribution is -2.41. The third kappa shape index (κ3) is 10.7. The molecule has 0 rings (SSSR count). The van der Waals surface area contributed by atoms with E-state index >= 15 is 0 Å². The summed E-state index contributed by atoms with van der Waals surface area (Å²) in [6.07, 6.45) is 0. The van der Waals surface area contributed by atoms with Crippen LogP contribution in [0.1, 0.15) is 27.7 Å². The second-order valence-corrected chi connectivity index (χ2v) is 6.73. The van der Waals surface area contributed by atoms with E-state index in [1.165, 1.54) is 0 Å². The Morgan fingerprint density at radius 3 is 2.12 bits per heavy atom. The number of rotatable bonds is 9. The Kier molecular flexibility index (Phi) is 8.01. The van der Waals surface area contributed by atoms with Crippen LogP contribution in [0.25, 0.3) is 0 Å². The molecule has 0 aliphatic heterocycles. The minimum atomic E-state index is 0.343. The largest absolute Gasteiger partial charge is 0.316 e. The molecule has 0 aromatic rings. The van der Waals surface area contributed by atoms with Crippen LogP contribution < -0.4 is 5.32 Å². The Morgan fingerprint density at radius 1 is 1.06 bits per heavy atom. The highest BCUT2D eigenvalue weighted by Crippen LogP contribution is 2.14. The lowest BCUT2D eigenvalue weighted by Gasteiger charge is -2.31. The number of nitrogens with one attached hydrogen (secondary N) is 1. The smallest absolute Gasteiger partial charge is 0.0106 e. The van der Waals surface area contributed by atoms with Gasteiger partial charge in [-0.05, 0) is 39.0 Å². The van der Waals surface area contributed by atoms with Gasteiger partial charge in [-0.25, -0.2) is 0 Å². The third-order valence-corrected chi connectivity index (χ3v) is 2.78. The molecule has 0 amide bonds. The van der Waals surface area contributed by atoms with Gasteiger partial charge in [0.05, 0.1) is 0 Å². The molecule has 0 saturated heterocycles. The number of likely N-dealkylation sites (N-methyl/N-ethyl adjacent to an activating group) is 2. The van der Waals surface area contributed by atoms with Crippen molar-refractivity contribution in [1.29, 1.82) is 0 Å². The van der Waals surface area contributed by atoms with Crippen LogP contribution in [-0.4, -0.2) is 63.7 Å². The predicted molar refractivity (Wildman–Crippen MR) is 77.5 cm³/mol. The number of hydrogen-bond acceptors (Lipinski definition) is 3. The third-order valence-electron chi connectivity index (χ3n) is 2.78. The molecule has 104 valence electrons. The molecule has 1 N–H and O–H groups in total. The van der Waals surface area contributed by atoms with E-state index in [9.17, 15) is 0 Å². The van der Waals surface area contributed by atoms with Crippen LogP contribution >= 0.6 is 0 Å². The molecule has 0 aliphatic carbocycles. The van der Waals surface area contributed by atoms with Crippen LogP contribution in [0.15, 0.2) is 0 Å². The number of nitrogens with zero attached hydrogens (tertiary/aromatic N) is 2. The van der Waals surface area contributed by atoms with E-state index in [0.717, 1.165) is 38.6 Å². The van der Waals surface area contributed by atoms with Crippen molar-refractivity contribution in [2.45, 2.75) is 27.7 Å². The second kappa shape index (κ2) is 8.06. The average Bonchev–Trinajstić information content (AvgIpc) is 2.12. The molecule has 0 aliphatic rings. The first-order valence-corrected chi connectivity index (χ1v) is 6.77. The van der Waals surface area contributed by atoms with Gasteiger partial charge in [0.2, 0.25) is 0 Å². The molecule has 3 heteroatoms. The summed E-state index contributed by atoms with van der Waals surface area (Å²) in [7, 11) is 6.47. The average molecular weight is 243 g/mol. The second-order valence-electron chi connectivity index (χ2n) is 6.73. The van der Waals surface area contributed by atoms with Crippen LogP contribution in [-0.2, 0) is 0 Å². The molecule has 0 bridgehead atoms. The summed E-state index contributed by atoms with van der Waals surface area (Å²) in [6, 6.07) is 0. The summed E-state index contributed by atoms with van der Waals surface area (Å²) in [6.45, 7) is 14.8. The molecular weight excluding hydrogens is 210 g/mol. The lowest BCUT2D eigenvalue weighted by atomic mass is 9.92. The first kappa shape index (κ1) is 16.9. The van der Waals surface area contributed by atoms with E-state index in [4.69, 9.17) is 0 Å². The molecule has 0 fully saturated rings. The topological polar surface area (TPSA) is 18.5 Å².